The molecule has 0 bridgehead atoms. The Bertz CT molecular complexity index is 536. The number of carbonyl (C=O) groups excluding carboxylic acids is 1. The number of hydrogen-bond donors (Lipinski definition) is 0. The van der Waals surface area contributed by atoms with Gasteiger partial charge in [-0.05, 0) is 38.3 Å². The molecular formula is C14H16N2OS. The van der Waals surface area contributed by atoms with Crippen LogP contribution < -0.4 is 4.90 Å². The van der Waals surface area contributed by atoms with Crippen LogP contribution in [0.15, 0.2) is 29.3 Å². The maximum Gasteiger partial charge on any atom is 0.264 e. The summed E-state index contributed by atoms with van der Waals surface area (Å²) in [6.45, 7) is 4.82. The predicted molar refractivity (Wildman–Crippen MR) is 76.2 cm³/mol. The molecule has 1 amide bonds. The predicted octanol–water partition coefficient (Wildman–Crippen LogP) is 2.85. The van der Waals surface area contributed by atoms with Gasteiger partial charge in [-0.25, -0.2) is 0 Å². The first kappa shape index (κ1) is 11.8. The lowest BCUT2D eigenvalue weighted by Crippen LogP contribution is -2.33. The van der Waals surface area contributed by atoms with Crippen molar-refractivity contribution in [3.05, 3.63) is 29.8 Å². The van der Waals surface area contributed by atoms with Crippen LogP contribution in [0, 0.1) is 0 Å². The molecular weight excluding hydrogens is 244 g/mol. The van der Waals surface area contributed by atoms with Gasteiger partial charge in [-0.3, -0.25) is 4.79 Å². The van der Waals surface area contributed by atoms with Crippen molar-refractivity contribution in [1.29, 1.82) is 0 Å². The number of aliphatic imine (C=N–C) groups is 1. The molecule has 4 heteroatoms. The number of fused-ring (bicyclic) bond motifs is 1. The number of amidine groups is 1. The Labute approximate surface area is 111 Å². The van der Waals surface area contributed by atoms with Crippen molar-refractivity contribution in [1.82, 2.24) is 0 Å². The van der Waals surface area contributed by atoms with Crippen LogP contribution in [-0.2, 0) is 11.2 Å². The van der Waals surface area contributed by atoms with Gasteiger partial charge in [0.2, 0.25) is 0 Å². The minimum atomic E-state index is -0.415. The lowest BCUT2D eigenvalue weighted by Gasteiger charge is -2.30. The molecule has 2 heterocycles. The first-order valence-electron chi connectivity index (χ1n) is 6.25. The van der Waals surface area contributed by atoms with Crippen molar-refractivity contribution < 1.29 is 4.79 Å². The van der Waals surface area contributed by atoms with Crippen LogP contribution in [0.4, 0.5) is 5.69 Å². The fraction of sp³-hybridized carbons (Fsp3) is 0.429. The summed E-state index contributed by atoms with van der Waals surface area (Å²) in [5, 5.41) is 0.858. The zero-order chi connectivity index (χ0) is 12.8. The molecule has 0 saturated carbocycles. The SMILES string of the molecule is CC1(C)SC(N2CCCc3ccccc32)=NC1=O. The molecule has 0 unspecified atom stereocenters. The Morgan fingerprint density at radius 1 is 1.33 bits per heavy atom. The fourth-order valence-electron chi connectivity index (χ4n) is 2.36. The van der Waals surface area contributed by atoms with Gasteiger partial charge in [0.1, 0.15) is 0 Å². The Hall–Kier alpha value is -1.29. The fourth-order valence-corrected chi connectivity index (χ4v) is 3.38. The van der Waals surface area contributed by atoms with Gasteiger partial charge in [-0.1, -0.05) is 30.0 Å². The van der Waals surface area contributed by atoms with Crippen molar-refractivity contribution in [2.24, 2.45) is 4.99 Å². The van der Waals surface area contributed by atoms with E-state index in [1.54, 1.807) is 11.8 Å². The smallest absolute Gasteiger partial charge is 0.264 e. The molecule has 18 heavy (non-hydrogen) atoms. The number of benzene rings is 1. The highest BCUT2D eigenvalue weighted by Gasteiger charge is 2.39. The standard InChI is InChI=1S/C14H16N2OS/c1-14(2)12(17)15-13(18-14)16-9-5-7-10-6-3-4-8-11(10)16/h3-4,6,8H,5,7,9H2,1-2H3. The van der Waals surface area contributed by atoms with Crippen molar-refractivity contribution in [3.63, 3.8) is 0 Å². The number of amides is 1. The Morgan fingerprint density at radius 2 is 2.11 bits per heavy atom. The third-order valence-corrected chi connectivity index (χ3v) is 4.58. The van der Waals surface area contributed by atoms with E-state index in [1.807, 2.05) is 19.9 Å². The summed E-state index contributed by atoms with van der Waals surface area (Å²) in [6, 6.07) is 8.40. The second-order valence-electron chi connectivity index (χ2n) is 5.20. The number of para-hydroxylation sites is 1. The number of carbonyl (C=O) groups is 1. The molecule has 1 aromatic carbocycles. The monoisotopic (exact) mass is 260 g/mol. The van der Waals surface area contributed by atoms with E-state index in [9.17, 15) is 4.79 Å². The molecule has 2 aliphatic heterocycles. The number of hydrogen-bond acceptors (Lipinski definition) is 3. The van der Waals surface area contributed by atoms with E-state index in [0.29, 0.717) is 0 Å². The minimum absolute atomic E-state index is 0.0226. The molecule has 3 nitrogen and oxygen atoms in total. The zero-order valence-electron chi connectivity index (χ0n) is 10.6. The number of aryl methyl sites for hydroxylation is 1. The summed E-state index contributed by atoms with van der Waals surface area (Å²) in [5.41, 5.74) is 2.56. The molecule has 0 saturated heterocycles. The van der Waals surface area contributed by atoms with Gasteiger partial charge in [0.05, 0.1) is 4.75 Å². The minimum Gasteiger partial charge on any atom is -0.321 e. The van der Waals surface area contributed by atoms with Crippen LogP contribution in [0.25, 0.3) is 0 Å². The van der Waals surface area contributed by atoms with Crippen molar-refractivity contribution >= 4 is 28.5 Å². The largest absolute Gasteiger partial charge is 0.321 e. The first-order valence-corrected chi connectivity index (χ1v) is 7.07. The summed E-state index contributed by atoms with van der Waals surface area (Å²) >= 11 is 1.57. The molecule has 3 rings (SSSR count). The third kappa shape index (κ3) is 1.85. The number of rotatable bonds is 0. The molecule has 1 aromatic rings. The van der Waals surface area contributed by atoms with Gasteiger partial charge in [0.25, 0.3) is 5.91 Å². The first-order chi connectivity index (χ1) is 8.58. The van der Waals surface area contributed by atoms with Crippen LogP contribution in [0.5, 0.6) is 0 Å². The van der Waals surface area contributed by atoms with E-state index in [4.69, 9.17) is 0 Å². The van der Waals surface area contributed by atoms with Gasteiger partial charge in [-0.2, -0.15) is 4.99 Å². The average molecular weight is 260 g/mol. The highest BCUT2D eigenvalue weighted by Crippen LogP contribution is 2.38. The molecule has 94 valence electrons. The Morgan fingerprint density at radius 3 is 2.83 bits per heavy atom. The average Bonchev–Trinajstić information content (AvgIpc) is 2.63. The third-order valence-electron chi connectivity index (χ3n) is 3.40. The van der Waals surface area contributed by atoms with Crippen molar-refractivity contribution in [2.45, 2.75) is 31.4 Å². The van der Waals surface area contributed by atoms with Gasteiger partial charge in [0, 0.05) is 12.2 Å². The van der Waals surface area contributed by atoms with E-state index in [1.165, 1.54) is 11.3 Å². The summed E-state index contributed by atoms with van der Waals surface area (Å²) < 4.78 is -0.415. The number of anilines is 1. The van der Waals surface area contributed by atoms with Gasteiger partial charge in [0.15, 0.2) is 5.17 Å². The maximum absolute atomic E-state index is 11.8. The second-order valence-corrected chi connectivity index (χ2v) is 6.79. The highest BCUT2D eigenvalue weighted by molar-refractivity contribution is 8.16. The van der Waals surface area contributed by atoms with Crippen LogP contribution in [0.1, 0.15) is 25.8 Å². The van der Waals surface area contributed by atoms with Crippen LogP contribution in [0.3, 0.4) is 0 Å². The lowest BCUT2D eigenvalue weighted by atomic mass is 10.0. The number of thioether (sulfide) groups is 1. The quantitative estimate of drug-likeness (QED) is 0.719. The van der Waals surface area contributed by atoms with Crippen molar-refractivity contribution in [2.75, 3.05) is 11.4 Å². The van der Waals surface area contributed by atoms with Crippen LogP contribution in [-0.4, -0.2) is 22.4 Å². The summed E-state index contributed by atoms with van der Waals surface area (Å²) in [6.07, 6.45) is 2.23. The molecule has 0 radical (unpaired) electrons. The van der Waals surface area contributed by atoms with E-state index in [-0.39, 0.29) is 5.91 Å². The summed E-state index contributed by atoms with van der Waals surface area (Å²) in [7, 11) is 0. The molecule has 0 aliphatic carbocycles. The summed E-state index contributed by atoms with van der Waals surface area (Å²) in [5.74, 6) is -0.0226. The highest BCUT2D eigenvalue weighted by atomic mass is 32.2. The normalized spacial score (nSPS) is 21.8. The molecule has 0 aromatic heterocycles. The van der Waals surface area contributed by atoms with Crippen LogP contribution >= 0.6 is 11.8 Å². The lowest BCUT2D eigenvalue weighted by molar-refractivity contribution is -0.119. The van der Waals surface area contributed by atoms with E-state index < -0.39 is 4.75 Å². The Balaban J connectivity index is 1.96. The number of nitrogens with zero attached hydrogens (tertiary/aromatic N) is 2. The Kier molecular flexibility index (Phi) is 2.70. The van der Waals surface area contributed by atoms with E-state index in [2.05, 4.69) is 28.1 Å². The van der Waals surface area contributed by atoms with Gasteiger partial charge >= 0.3 is 0 Å². The van der Waals surface area contributed by atoms with Crippen LogP contribution in [0.2, 0.25) is 0 Å². The molecule has 0 spiro atoms. The zero-order valence-corrected chi connectivity index (χ0v) is 11.5. The molecule has 0 fully saturated rings. The van der Waals surface area contributed by atoms with Gasteiger partial charge < -0.3 is 4.90 Å². The topological polar surface area (TPSA) is 32.7 Å². The maximum atomic E-state index is 11.8. The van der Waals surface area contributed by atoms with Gasteiger partial charge in [-0.15, -0.1) is 0 Å². The van der Waals surface area contributed by atoms with Crippen molar-refractivity contribution in [3.8, 4) is 0 Å². The molecule has 0 atom stereocenters. The summed E-state index contributed by atoms with van der Waals surface area (Å²) in [4.78, 5) is 18.2. The second kappa shape index (κ2) is 4.12. The molecule has 0 N–H and O–H groups in total. The molecule has 2 aliphatic rings. The van der Waals surface area contributed by atoms with E-state index >= 15 is 0 Å². The van der Waals surface area contributed by atoms with E-state index in [0.717, 1.165) is 24.6 Å².